The van der Waals surface area contributed by atoms with Gasteiger partial charge >= 0.3 is 0 Å². The molecule has 0 aromatic carbocycles. The molecule has 2 nitrogen and oxygen atoms in total. The van der Waals surface area contributed by atoms with Crippen molar-refractivity contribution in [2.45, 2.75) is 52.9 Å². The molecule has 2 heteroatoms. The number of hydrogen-bond acceptors (Lipinski definition) is 2. The number of allylic oxidation sites excluding steroid dienone is 2. The van der Waals surface area contributed by atoms with Crippen molar-refractivity contribution in [2.75, 3.05) is 0 Å². The Bertz CT molecular complexity index is 446. The van der Waals surface area contributed by atoms with E-state index in [-0.39, 0.29) is 17.1 Å². The minimum absolute atomic E-state index is 0.00603. The molecule has 2 unspecified atom stereocenters. The lowest BCUT2D eigenvalue weighted by Crippen LogP contribution is -2.16. The molecular weight excluding hydrogens is 224 g/mol. The van der Waals surface area contributed by atoms with E-state index in [0.29, 0.717) is 23.5 Å². The van der Waals surface area contributed by atoms with Crippen molar-refractivity contribution in [1.82, 2.24) is 0 Å². The average Bonchev–Trinajstić information content (AvgIpc) is 2.85. The minimum Gasteiger partial charge on any atom is -0.295 e. The van der Waals surface area contributed by atoms with Crippen molar-refractivity contribution >= 4 is 11.6 Å². The molecule has 3 aliphatic rings. The molecule has 2 atom stereocenters. The molecule has 3 rings (SSSR count). The number of Topliss-reactive ketones (excluding diaryl/α,β-unsaturated/α-hetero) is 1. The monoisotopic (exact) mass is 246 g/mol. The Kier molecular flexibility index (Phi) is 2.39. The molecule has 1 spiro atoms. The maximum Gasteiger partial charge on any atom is 0.162 e. The van der Waals surface area contributed by atoms with Gasteiger partial charge in [-0.3, -0.25) is 9.59 Å². The molecule has 98 valence electrons. The molecule has 0 aromatic heterocycles. The third kappa shape index (κ3) is 1.69. The molecule has 18 heavy (non-hydrogen) atoms. The summed E-state index contributed by atoms with van der Waals surface area (Å²) in [7, 11) is 0. The lowest BCUT2D eigenvalue weighted by molar-refractivity contribution is -0.120. The summed E-state index contributed by atoms with van der Waals surface area (Å²) in [4.78, 5) is 24.3. The molecule has 0 amide bonds. The third-order valence-electron chi connectivity index (χ3n) is 4.96. The van der Waals surface area contributed by atoms with Crippen LogP contribution in [-0.4, -0.2) is 11.6 Å². The van der Waals surface area contributed by atoms with Crippen molar-refractivity contribution in [3.8, 4) is 0 Å². The van der Waals surface area contributed by atoms with E-state index in [1.165, 1.54) is 12.8 Å². The van der Waals surface area contributed by atoms with Gasteiger partial charge in [0.2, 0.25) is 0 Å². The largest absolute Gasteiger partial charge is 0.295 e. The van der Waals surface area contributed by atoms with Gasteiger partial charge < -0.3 is 0 Å². The predicted octanol–water partition coefficient (Wildman–Crippen LogP) is 3.31. The first kappa shape index (κ1) is 12.1. The summed E-state index contributed by atoms with van der Waals surface area (Å²) >= 11 is 0. The molecule has 3 fully saturated rings. The normalized spacial score (nSPS) is 34.6. The minimum atomic E-state index is 0.00603. The second-order valence-corrected chi connectivity index (χ2v) is 7.58. The van der Waals surface area contributed by atoms with Gasteiger partial charge in [-0.25, -0.2) is 0 Å². The molecule has 3 saturated carbocycles. The van der Waals surface area contributed by atoms with Crippen molar-refractivity contribution in [3.63, 3.8) is 0 Å². The SMILES string of the molecule is CC(C)(C)CC(=O)C=C1C(=O)C2CCC1C21CC1. The lowest BCUT2D eigenvalue weighted by Gasteiger charge is -2.17. The summed E-state index contributed by atoms with van der Waals surface area (Å²) in [6.07, 6.45) is 6.84. The fraction of sp³-hybridized carbons (Fsp3) is 0.750. The zero-order valence-electron chi connectivity index (χ0n) is 11.6. The fourth-order valence-corrected chi connectivity index (χ4v) is 4.14. The van der Waals surface area contributed by atoms with Gasteiger partial charge in [0.1, 0.15) is 0 Å². The number of rotatable bonds is 2. The van der Waals surface area contributed by atoms with Gasteiger partial charge in [0.15, 0.2) is 11.6 Å². The molecule has 0 radical (unpaired) electrons. The van der Waals surface area contributed by atoms with Gasteiger partial charge in [0.25, 0.3) is 0 Å². The van der Waals surface area contributed by atoms with Crippen LogP contribution in [0.5, 0.6) is 0 Å². The Hall–Kier alpha value is -0.920. The molecule has 2 bridgehead atoms. The van der Waals surface area contributed by atoms with Crippen molar-refractivity contribution in [1.29, 1.82) is 0 Å². The van der Waals surface area contributed by atoms with E-state index in [0.717, 1.165) is 18.4 Å². The van der Waals surface area contributed by atoms with Crippen LogP contribution < -0.4 is 0 Å². The highest BCUT2D eigenvalue weighted by molar-refractivity contribution is 6.07. The highest BCUT2D eigenvalue weighted by Crippen LogP contribution is 2.71. The topological polar surface area (TPSA) is 34.1 Å². The molecule has 3 aliphatic carbocycles. The third-order valence-corrected chi connectivity index (χ3v) is 4.96. The maximum absolute atomic E-state index is 12.3. The van der Waals surface area contributed by atoms with Crippen molar-refractivity contribution in [2.24, 2.45) is 22.7 Å². The molecule has 0 N–H and O–H groups in total. The Morgan fingerprint density at radius 2 is 1.89 bits per heavy atom. The summed E-state index contributed by atoms with van der Waals surface area (Å²) in [5.41, 5.74) is 1.19. The summed E-state index contributed by atoms with van der Waals surface area (Å²) in [6, 6.07) is 0. The average molecular weight is 246 g/mol. The highest BCUT2D eigenvalue weighted by atomic mass is 16.1. The summed E-state index contributed by atoms with van der Waals surface area (Å²) in [5, 5.41) is 0. The molecule has 0 heterocycles. The summed E-state index contributed by atoms with van der Waals surface area (Å²) < 4.78 is 0. The number of hydrogen-bond donors (Lipinski definition) is 0. The van der Waals surface area contributed by atoms with Crippen LogP contribution in [0.15, 0.2) is 11.6 Å². The van der Waals surface area contributed by atoms with Crippen LogP contribution in [0.25, 0.3) is 0 Å². The van der Waals surface area contributed by atoms with Crippen LogP contribution in [0, 0.1) is 22.7 Å². The fourth-order valence-electron chi connectivity index (χ4n) is 4.14. The van der Waals surface area contributed by atoms with Gasteiger partial charge in [-0.1, -0.05) is 20.8 Å². The van der Waals surface area contributed by atoms with Crippen LogP contribution in [0.1, 0.15) is 52.9 Å². The smallest absolute Gasteiger partial charge is 0.162 e. The summed E-state index contributed by atoms with van der Waals surface area (Å²) in [5.74, 6) is 1.11. The first-order valence-electron chi connectivity index (χ1n) is 7.12. The zero-order valence-corrected chi connectivity index (χ0v) is 11.6. The second-order valence-electron chi connectivity index (χ2n) is 7.58. The first-order valence-corrected chi connectivity index (χ1v) is 7.12. The van der Waals surface area contributed by atoms with Gasteiger partial charge in [-0.2, -0.15) is 0 Å². The van der Waals surface area contributed by atoms with Crippen LogP contribution in [-0.2, 0) is 9.59 Å². The van der Waals surface area contributed by atoms with E-state index in [1.54, 1.807) is 6.08 Å². The standard InChI is InChI=1S/C16H22O2/c1-15(2,3)9-10(17)8-11-12-4-5-13(14(11)18)16(12)6-7-16/h8,12-13H,4-7,9H2,1-3H3. The predicted molar refractivity (Wildman–Crippen MR) is 70.1 cm³/mol. The Morgan fingerprint density at radius 3 is 2.39 bits per heavy atom. The van der Waals surface area contributed by atoms with Crippen LogP contribution >= 0.6 is 0 Å². The van der Waals surface area contributed by atoms with Gasteiger partial charge in [-0.05, 0) is 48.5 Å². The molecule has 0 aromatic rings. The van der Waals surface area contributed by atoms with Crippen LogP contribution in [0.3, 0.4) is 0 Å². The van der Waals surface area contributed by atoms with E-state index in [2.05, 4.69) is 20.8 Å². The van der Waals surface area contributed by atoms with E-state index in [9.17, 15) is 9.59 Å². The highest BCUT2D eigenvalue weighted by Gasteiger charge is 2.67. The van der Waals surface area contributed by atoms with Gasteiger partial charge in [-0.15, -0.1) is 0 Å². The van der Waals surface area contributed by atoms with Gasteiger partial charge in [0, 0.05) is 17.9 Å². The van der Waals surface area contributed by atoms with Crippen LogP contribution in [0.4, 0.5) is 0 Å². The summed E-state index contributed by atoms with van der Waals surface area (Å²) in [6.45, 7) is 6.19. The van der Waals surface area contributed by atoms with Crippen LogP contribution in [0.2, 0.25) is 0 Å². The second kappa shape index (κ2) is 3.55. The van der Waals surface area contributed by atoms with Crippen molar-refractivity contribution < 1.29 is 9.59 Å². The van der Waals surface area contributed by atoms with Crippen molar-refractivity contribution in [3.05, 3.63) is 11.6 Å². The quantitative estimate of drug-likeness (QED) is 0.700. The van der Waals surface area contributed by atoms with Gasteiger partial charge in [0.05, 0.1) is 0 Å². The first-order chi connectivity index (χ1) is 8.33. The number of carbonyl (C=O) groups is 2. The van der Waals surface area contributed by atoms with E-state index >= 15 is 0 Å². The van der Waals surface area contributed by atoms with E-state index in [4.69, 9.17) is 0 Å². The van der Waals surface area contributed by atoms with E-state index in [1.807, 2.05) is 0 Å². The Morgan fingerprint density at radius 1 is 1.28 bits per heavy atom. The number of carbonyl (C=O) groups excluding carboxylic acids is 2. The van der Waals surface area contributed by atoms with E-state index < -0.39 is 0 Å². The molecular formula is C16H22O2. The zero-order chi connectivity index (χ0) is 13.1. The molecule has 0 aliphatic heterocycles. The Labute approximate surface area is 109 Å². The Balaban J connectivity index is 1.81. The lowest BCUT2D eigenvalue weighted by atomic mass is 9.87. The number of ketones is 2. The molecule has 0 saturated heterocycles. The maximum atomic E-state index is 12.3.